The number of carbonyl (C=O) groups excluding carboxylic acids is 1. The van der Waals surface area contributed by atoms with Crippen molar-refractivity contribution >= 4 is 32.7 Å². The van der Waals surface area contributed by atoms with E-state index in [1.54, 1.807) is 16.7 Å². The lowest BCUT2D eigenvalue weighted by Gasteiger charge is -2.19. The molecule has 7 nitrogen and oxygen atoms in total. The number of ether oxygens (including phenoxy) is 2. The fourth-order valence-corrected chi connectivity index (χ4v) is 4.24. The molecule has 0 saturated heterocycles. The van der Waals surface area contributed by atoms with Gasteiger partial charge in [0, 0.05) is 11.9 Å². The van der Waals surface area contributed by atoms with Crippen LogP contribution in [0.4, 0.5) is 0 Å². The Bertz CT molecular complexity index is 1500. The van der Waals surface area contributed by atoms with Crippen LogP contribution in [0.15, 0.2) is 93.8 Å². The van der Waals surface area contributed by atoms with Crippen molar-refractivity contribution in [3.63, 3.8) is 0 Å². The number of aromatic nitrogens is 3. The van der Waals surface area contributed by atoms with Crippen LogP contribution in [0, 0.1) is 6.92 Å². The Balaban J connectivity index is 1.55. The Hall–Kier alpha value is -3.78. The van der Waals surface area contributed by atoms with E-state index in [2.05, 4.69) is 32.0 Å². The van der Waals surface area contributed by atoms with Crippen molar-refractivity contribution < 1.29 is 14.3 Å². The summed E-state index contributed by atoms with van der Waals surface area (Å²) in [6.45, 7) is 2.18. The first kappa shape index (κ1) is 22.0. The average Bonchev–Trinajstić information content (AvgIpc) is 2.86. The van der Waals surface area contributed by atoms with Crippen LogP contribution < -0.4 is 5.43 Å². The van der Waals surface area contributed by atoms with Crippen LogP contribution in [0.2, 0.25) is 0 Å². The van der Waals surface area contributed by atoms with Crippen molar-refractivity contribution in [2.24, 2.45) is 0 Å². The van der Waals surface area contributed by atoms with Gasteiger partial charge in [-0.15, -0.1) is 0 Å². The molecule has 3 aromatic rings. The second-order valence-electron chi connectivity index (χ2n) is 7.97. The molecule has 0 fully saturated rings. The molecule has 5 rings (SSSR count). The fraction of sp³-hybridized carbons (Fsp3) is 0.154. The van der Waals surface area contributed by atoms with Gasteiger partial charge in [0.2, 0.25) is 17.0 Å². The number of Topliss-reactive ketones (excluding diaryl/α,β-unsaturated/α-hetero) is 1. The van der Waals surface area contributed by atoms with Gasteiger partial charge in [-0.2, -0.15) is 0 Å². The number of carbonyl (C=O) groups is 1. The zero-order valence-electron chi connectivity index (χ0n) is 18.3. The highest BCUT2D eigenvalue weighted by Gasteiger charge is 2.25. The van der Waals surface area contributed by atoms with Crippen LogP contribution in [-0.2, 0) is 16.0 Å². The predicted molar refractivity (Wildman–Crippen MR) is 131 cm³/mol. The second kappa shape index (κ2) is 9.23. The molecule has 2 aliphatic rings. The van der Waals surface area contributed by atoms with E-state index in [4.69, 9.17) is 9.47 Å². The second-order valence-corrected chi connectivity index (χ2v) is 8.78. The number of fused-ring (bicyclic) bond motifs is 1. The quantitative estimate of drug-likeness (QED) is 0.345. The highest BCUT2D eigenvalue weighted by Crippen LogP contribution is 2.27. The summed E-state index contributed by atoms with van der Waals surface area (Å²) < 4.78 is 13.7. The van der Waals surface area contributed by atoms with Gasteiger partial charge in [0.1, 0.15) is 22.8 Å². The number of rotatable bonds is 5. The van der Waals surface area contributed by atoms with Crippen molar-refractivity contribution in [2.75, 3.05) is 0 Å². The van der Waals surface area contributed by atoms with E-state index < -0.39 is 11.2 Å². The normalized spacial score (nSPS) is 15.2. The lowest BCUT2D eigenvalue weighted by molar-refractivity contribution is 0.0932. The topological polar surface area (TPSA) is 83.3 Å². The van der Waals surface area contributed by atoms with Crippen LogP contribution in [0.25, 0.3) is 11.0 Å². The number of hydrogen-bond donors (Lipinski definition) is 0. The first-order valence-electron chi connectivity index (χ1n) is 10.8. The predicted octanol–water partition coefficient (Wildman–Crippen LogP) is 5.10. The first-order valence-corrected chi connectivity index (χ1v) is 11.6. The average molecular weight is 518 g/mol. The third-order valence-corrected chi connectivity index (χ3v) is 5.98. The molecule has 0 spiro atoms. The maximum atomic E-state index is 13.4. The van der Waals surface area contributed by atoms with Gasteiger partial charge in [-0.3, -0.25) is 9.59 Å². The number of nitrogens with zero attached hydrogens (tertiary/aromatic N) is 3. The monoisotopic (exact) mass is 517 g/mol. The lowest BCUT2D eigenvalue weighted by atomic mass is 10.0. The zero-order chi connectivity index (χ0) is 23.7. The maximum absolute atomic E-state index is 13.4. The minimum atomic E-state index is -0.555. The Labute approximate surface area is 203 Å². The van der Waals surface area contributed by atoms with Crippen molar-refractivity contribution in [3.8, 4) is 0 Å². The summed E-state index contributed by atoms with van der Waals surface area (Å²) >= 11 is 3.38. The number of halogens is 1. The summed E-state index contributed by atoms with van der Waals surface area (Å²) in [6, 6.07) is 9.03. The van der Waals surface area contributed by atoms with Crippen LogP contribution in [-0.4, -0.2) is 20.3 Å². The highest BCUT2D eigenvalue weighted by molar-refractivity contribution is 9.10. The van der Waals surface area contributed by atoms with E-state index in [0.717, 1.165) is 29.8 Å². The molecule has 8 heteroatoms. The third-order valence-electron chi connectivity index (χ3n) is 5.53. The molecule has 0 unspecified atom stereocenters. The van der Waals surface area contributed by atoms with Gasteiger partial charge in [0.05, 0.1) is 23.2 Å². The Morgan fingerprint density at radius 3 is 2.85 bits per heavy atom. The van der Waals surface area contributed by atoms with Gasteiger partial charge in [-0.25, -0.2) is 9.97 Å². The molecule has 0 radical (unpaired) electrons. The van der Waals surface area contributed by atoms with Gasteiger partial charge < -0.3 is 14.0 Å². The molecule has 0 saturated carbocycles. The Morgan fingerprint density at radius 1 is 1.18 bits per heavy atom. The maximum Gasteiger partial charge on any atom is 0.236 e. The van der Waals surface area contributed by atoms with E-state index in [9.17, 15) is 9.59 Å². The summed E-state index contributed by atoms with van der Waals surface area (Å²) in [6.07, 6.45) is 11.8. The number of aryl methyl sites for hydroxylation is 1. The molecule has 170 valence electrons. The molecule has 0 bridgehead atoms. The van der Waals surface area contributed by atoms with Crippen LogP contribution in [0.5, 0.6) is 0 Å². The van der Waals surface area contributed by atoms with Gasteiger partial charge in [0.15, 0.2) is 5.76 Å². The van der Waals surface area contributed by atoms with Gasteiger partial charge in [-0.05, 0) is 65.5 Å². The summed E-state index contributed by atoms with van der Waals surface area (Å²) in [5.41, 5.74) is 2.49. The zero-order valence-corrected chi connectivity index (χ0v) is 19.9. The molecule has 0 N–H and O–H groups in total. The van der Waals surface area contributed by atoms with E-state index in [0.29, 0.717) is 27.9 Å². The minimum absolute atomic E-state index is 0.0261. The molecular weight excluding hydrogens is 498 g/mol. The first-order chi connectivity index (χ1) is 16.5. The summed E-state index contributed by atoms with van der Waals surface area (Å²) in [7, 11) is 0. The van der Waals surface area contributed by atoms with E-state index in [1.807, 2.05) is 37.3 Å². The minimum Gasteiger partial charge on any atom is -0.465 e. The molecule has 3 aromatic heterocycles. The number of hydrogen-bond acceptors (Lipinski definition) is 6. The molecule has 34 heavy (non-hydrogen) atoms. The van der Waals surface area contributed by atoms with Crippen LogP contribution in [0.3, 0.4) is 0 Å². The van der Waals surface area contributed by atoms with Crippen LogP contribution in [0.1, 0.15) is 34.6 Å². The number of allylic oxidation sites excluding steroid dienone is 5. The standard InChI is InChI=1S/C26H20BrN3O4/c1-16-10-11-19-24(31)20(13-30(26(19)28-16)12-18-8-5-9-23(27)29-18)25(32)22-15-33-14-21(34-22)17-6-3-2-4-7-17/h2-3,5-6,8-11,13-15H,4,7,12H2,1H3. The molecular formula is C26H20BrN3O4. The fourth-order valence-electron chi connectivity index (χ4n) is 3.86. The van der Waals surface area contributed by atoms with E-state index in [-0.39, 0.29) is 11.3 Å². The van der Waals surface area contributed by atoms with Crippen molar-refractivity contribution in [1.82, 2.24) is 14.5 Å². The molecule has 1 aliphatic heterocycles. The van der Waals surface area contributed by atoms with Crippen molar-refractivity contribution in [2.45, 2.75) is 26.3 Å². The van der Waals surface area contributed by atoms with E-state index in [1.165, 1.54) is 18.7 Å². The van der Waals surface area contributed by atoms with Crippen molar-refractivity contribution in [3.05, 3.63) is 116 Å². The largest absolute Gasteiger partial charge is 0.465 e. The molecule has 0 atom stereocenters. The SMILES string of the molecule is Cc1ccc2c(=O)c(C(=O)C3=COC=C(C4=CC=CCC4)O3)cn(Cc3cccc(Br)n3)c2n1. The molecule has 1 aliphatic carbocycles. The Morgan fingerprint density at radius 2 is 2.06 bits per heavy atom. The van der Waals surface area contributed by atoms with Gasteiger partial charge in [0.25, 0.3) is 0 Å². The van der Waals surface area contributed by atoms with E-state index >= 15 is 0 Å². The molecule has 4 heterocycles. The number of ketones is 1. The summed E-state index contributed by atoms with van der Waals surface area (Å²) in [5, 5.41) is 0.347. The Kier molecular flexibility index (Phi) is 5.98. The van der Waals surface area contributed by atoms with Gasteiger partial charge in [-0.1, -0.05) is 24.3 Å². The number of pyridine rings is 3. The highest BCUT2D eigenvalue weighted by atomic mass is 79.9. The summed E-state index contributed by atoms with van der Waals surface area (Å²) in [5.74, 6) is -0.135. The van der Waals surface area contributed by atoms with Crippen molar-refractivity contribution in [1.29, 1.82) is 0 Å². The smallest absolute Gasteiger partial charge is 0.236 e. The lowest BCUT2D eigenvalue weighted by Crippen LogP contribution is -2.23. The third kappa shape index (κ3) is 4.36. The summed E-state index contributed by atoms with van der Waals surface area (Å²) in [4.78, 5) is 35.8. The molecule has 0 amide bonds. The van der Waals surface area contributed by atoms with Gasteiger partial charge >= 0.3 is 0 Å². The molecule has 0 aromatic carbocycles. The van der Waals surface area contributed by atoms with Crippen LogP contribution >= 0.6 is 15.9 Å².